The zero-order chi connectivity index (χ0) is 25.9. The molecular weight excluding hydrogens is 524 g/mol. The first kappa shape index (κ1) is 25.9. The molecule has 3 aromatic heterocycles. The minimum absolute atomic E-state index is 0.0143. The monoisotopic (exact) mass is 548 g/mol. The Bertz CT molecular complexity index is 1400. The molecular formula is C23H25ClN6O4S2. The van der Waals surface area contributed by atoms with Gasteiger partial charge in [0, 0.05) is 29.6 Å². The van der Waals surface area contributed by atoms with Gasteiger partial charge in [-0.1, -0.05) is 30.7 Å². The molecule has 0 saturated carbocycles. The van der Waals surface area contributed by atoms with Crippen molar-refractivity contribution in [3.05, 3.63) is 69.7 Å². The van der Waals surface area contributed by atoms with Gasteiger partial charge in [-0.05, 0) is 30.5 Å². The maximum atomic E-state index is 13.5. The predicted octanol–water partition coefficient (Wildman–Crippen LogP) is 4.31. The van der Waals surface area contributed by atoms with E-state index in [1.807, 2.05) is 17.5 Å². The quantitative estimate of drug-likeness (QED) is 0.311. The fraction of sp³-hybridized carbons (Fsp3) is 0.304. The molecule has 0 amide bonds. The smallest absolute Gasteiger partial charge is 0.243 e. The van der Waals surface area contributed by atoms with E-state index in [4.69, 9.17) is 21.1 Å². The molecule has 190 valence electrons. The number of aromatic nitrogens is 5. The molecule has 0 saturated heterocycles. The van der Waals surface area contributed by atoms with Crippen LogP contribution in [0, 0.1) is 0 Å². The van der Waals surface area contributed by atoms with Crippen molar-refractivity contribution in [3.8, 4) is 17.2 Å². The normalized spacial score (nSPS) is 13.2. The minimum atomic E-state index is -3.95. The number of thiophene rings is 1. The Morgan fingerprint density at radius 3 is 2.31 bits per heavy atom. The lowest BCUT2D eigenvalue weighted by Gasteiger charge is -2.21. The molecule has 1 aromatic carbocycles. The standard InChI is InChI=1S/C23H25ClN6O4S2/c1-14(22-25-12-16(24)13-26-22)15(2)36(31,32)29-23-28-27-20(11-17-7-6-10-35-17)30(23)21-18(33-3)8-5-9-19(21)34-4/h5-10,12-15H,11H2,1-4H3,(H,28,29). The molecule has 4 rings (SSSR count). The average molecular weight is 549 g/mol. The highest BCUT2D eigenvalue weighted by atomic mass is 35.5. The first-order chi connectivity index (χ1) is 17.2. The number of rotatable bonds is 10. The van der Waals surface area contributed by atoms with Crippen molar-refractivity contribution in [2.75, 3.05) is 18.9 Å². The van der Waals surface area contributed by atoms with E-state index in [-0.39, 0.29) is 5.95 Å². The van der Waals surface area contributed by atoms with Crippen molar-refractivity contribution in [2.24, 2.45) is 0 Å². The molecule has 36 heavy (non-hydrogen) atoms. The second-order valence-electron chi connectivity index (χ2n) is 7.94. The van der Waals surface area contributed by atoms with Gasteiger partial charge in [-0.3, -0.25) is 9.29 Å². The molecule has 1 N–H and O–H groups in total. The van der Waals surface area contributed by atoms with Crippen LogP contribution in [0.25, 0.3) is 5.69 Å². The molecule has 0 fully saturated rings. The first-order valence-electron chi connectivity index (χ1n) is 10.9. The van der Waals surface area contributed by atoms with Gasteiger partial charge in [-0.2, -0.15) is 0 Å². The summed E-state index contributed by atoms with van der Waals surface area (Å²) in [5.74, 6) is 1.31. The van der Waals surface area contributed by atoms with Crippen LogP contribution in [0.5, 0.6) is 11.5 Å². The SMILES string of the molecule is COc1cccc(OC)c1-n1c(Cc2cccs2)nnc1NS(=O)(=O)C(C)C(C)c1ncc(Cl)cn1. The summed E-state index contributed by atoms with van der Waals surface area (Å²) in [5.41, 5.74) is 0.485. The third-order valence-electron chi connectivity index (χ3n) is 5.74. The summed E-state index contributed by atoms with van der Waals surface area (Å²) in [6.07, 6.45) is 3.31. The van der Waals surface area contributed by atoms with Crippen LogP contribution >= 0.6 is 22.9 Å². The van der Waals surface area contributed by atoms with Gasteiger partial charge in [0.2, 0.25) is 16.0 Å². The lowest BCUT2D eigenvalue weighted by molar-refractivity contribution is 0.391. The number of hydrogen-bond donors (Lipinski definition) is 1. The Balaban J connectivity index is 1.76. The van der Waals surface area contributed by atoms with Crippen LogP contribution in [0.2, 0.25) is 5.02 Å². The lowest BCUT2D eigenvalue weighted by atomic mass is 10.1. The fourth-order valence-electron chi connectivity index (χ4n) is 3.61. The summed E-state index contributed by atoms with van der Waals surface area (Å²) in [7, 11) is -0.896. The van der Waals surface area contributed by atoms with Crippen LogP contribution in [-0.4, -0.2) is 52.6 Å². The molecule has 0 aliphatic heterocycles. The van der Waals surface area contributed by atoms with Crippen LogP contribution in [0.15, 0.2) is 48.1 Å². The number of nitrogens with zero attached hydrogens (tertiary/aromatic N) is 5. The Hall–Kier alpha value is -3.22. The third-order valence-corrected chi connectivity index (χ3v) is 8.67. The average Bonchev–Trinajstić information content (AvgIpc) is 3.53. The number of halogens is 1. The highest BCUT2D eigenvalue weighted by Crippen LogP contribution is 2.36. The van der Waals surface area contributed by atoms with E-state index in [1.54, 1.807) is 48.0 Å². The van der Waals surface area contributed by atoms with Gasteiger partial charge in [0.25, 0.3) is 0 Å². The van der Waals surface area contributed by atoms with E-state index in [1.165, 1.54) is 26.6 Å². The molecule has 0 aliphatic carbocycles. The van der Waals surface area contributed by atoms with Crippen molar-refractivity contribution in [3.63, 3.8) is 0 Å². The molecule has 0 bridgehead atoms. The maximum Gasteiger partial charge on any atom is 0.243 e. The Morgan fingerprint density at radius 1 is 1.06 bits per heavy atom. The van der Waals surface area contributed by atoms with E-state index in [9.17, 15) is 8.42 Å². The fourth-order valence-corrected chi connectivity index (χ4v) is 5.64. The van der Waals surface area contributed by atoms with Crippen LogP contribution in [0.4, 0.5) is 5.95 Å². The van der Waals surface area contributed by atoms with Gasteiger partial charge in [0.1, 0.15) is 28.8 Å². The number of anilines is 1. The Kier molecular flexibility index (Phi) is 7.76. The van der Waals surface area contributed by atoms with Crippen LogP contribution < -0.4 is 14.2 Å². The number of methoxy groups -OCH3 is 2. The van der Waals surface area contributed by atoms with Crippen molar-refractivity contribution < 1.29 is 17.9 Å². The molecule has 0 radical (unpaired) electrons. The van der Waals surface area contributed by atoms with Crippen molar-refractivity contribution >= 4 is 38.9 Å². The predicted molar refractivity (Wildman–Crippen MR) is 139 cm³/mol. The van der Waals surface area contributed by atoms with Gasteiger partial charge in [-0.15, -0.1) is 21.5 Å². The number of nitrogens with one attached hydrogen (secondary N) is 1. The zero-order valence-corrected chi connectivity index (χ0v) is 22.4. The van der Waals surface area contributed by atoms with Crippen LogP contribution in [0.1, 0.15) is 36.3 Å². The van der Waals surface area contributed by atoms with E-state index < -0.39 is 21.2 Å². The van der Waals surface area contributed by atoms with Crippen molar-refractivity contribution in [1.82, 2.24) is 24.7 Å². The topological polar surface area (TPSA) is 121 Å². The van der Waals surface area contributed by atoms with Gasteiger partial charge < -0.3 is 9.47 Å². The second-order valence-corrected chi connectivity index (χ2v) is 11.4. The molecule has 10 nitrogen and oxygen atoms in total. The summed E-state index contributed by atoms with van der Waals surface area (Å²) in [5, 5.41) is 9.96. The van der Waals surface area contributed by atoms with Crippen LogP contribution in [0.3, 0.4) is 0 Å². The molecule has 4 aromatic rings. The molecule has 2 atom stereocenters. The lowest BCUT2D eigenvalue weighted by Crippen LogP contribution is -2.31. The van der Waals surface area contributed by atoms with Crippen molar-refractivity contribution in [2.45, 2.75) is 31.4 Å². The Morgan fingerprint density at radius 2 is 1.72 bits per heavy atom. The molecule has 13 heteroatoms. The Labute approximate surface area is 218 Å². The number of hydrogen-bond acceptors (Lipinski definition) is 9. The van der Waals surface area contributed by atoms with E-state index in [2.05, 4.69) is 24.9 Å². The van der Waals surface area contributed by atoms with Crippen molar-refractivity contribution in [1.29, 1.82) is 0 Å². The summed E-state index contributed by atoms with van der Waals surface area (Å²) in [4.78, 5) is 9.39. The second kappa shape index (κ2) is 10.8. The van der Waals surface area contributed by atoms with Crippen LogP contribution in [-0.2, 0) is 16.4 Å². The van der Waals surface area contributed by atoms with Gasteiger partial charge in [0.05, 0.1) is 24.5 Å². The number of sulfonamides is 1. The molecule has 3 heterocycles. The van der Waals surface area contributed by atoms with E-state index in [0.29, 0.717) is 40.3 Å². The number of para-hydroxylation sites is 1. The zero-order valence-electron chi connectivity index (χ0n) is 20.0. The maximum absolute atomic E-state index is 13.5. The number of benzene rings is 1. The first-order valence-corrected chi connectivity index (χ1v) is 13.7. The van der Waals surface area contributed by atoms with Gasteiger partial charge in [-0.25, -0.2) is 18.4 Å². The third kappa shape index (κ3) is 5.30. The highest BCUT2D eigenvalue weighted by molar-refractivity contribution is 7.93. The summed E-state index contributed by atoms with van der Waals surface area (Å²) in [6, 6.07) is 9.21. The molecule has 0 aliphatic rings. The molecule has 2 unspecified atom stereocenters. The largest absolute Gasteiger partial charge is 0.494 e. The molecule has 0 spiro atoms. The minimum Gasteiger partial charge on any atom is -0.494 e. The van der Waals surface area contributed by atoms with E-state index in [0.717, 1.165) is 4.88 Å². The summed E-state index contributed by atoms with van der Waals surface area (Å²) >= 11 is 7.44. The highest BCUT2D eigenvalue weighted by Gasteiger charge is 2.32. The van der Waals surface area contributed by atoms with Gasteiger partial charge in [0.15, 0.2) is 0 Å². The summed E-state index contributed by atoms with van der Waals surface area (Å²) in [6.45, 7) is 3.32. The number of ether oxygens (including phenoxy) is 2. The van der Waals surface area contributed by atoms with Gasteiger partial charge >= 0.3 is 0 Å². The van der Waals surface area contributed by atoms with E-state index >= 15 is 0 Å². The summed E-state index contributed by atoms with van der Waals surface area (Å²) < 4.78 is 42.3.